The summed E-state index contributed by atoms with van der Waals surface area (Å²) in [6.07, 6.45) is 0. The Kier molecular flexibility index (Phi) is 7.89. The lowest BCUT2D eigenvalue weighted by molar-refractivity contribution is -0.121. The zero-order valence-electron chi connectivity index (χ0n) is 16.1. The Labute approximate surface area is 176 Å². The van der Waals surface area contributed by atoms with E-state index >= 15 is 0 Å². The predicted octanol–water partition coefficient (Wildman–Crippen LogP) is 4.26. The van der Waals surface area contributed by atoms with Crippen LogP contribution in [-0.4, -0.2) is 31.7 Å². The van der Waals surface area contributed by atoms with Gasteiger partial charge in [-0.1, -0.05) is 60.8 Å². The number of rotatable bonds is 8. The van der Waals surface area contributed by atoms with Crippen molar-refractivity contribution in [1.82, 2.24) is 9.62 Å². The highest BCUT2D eigenvalue weighted by Gasteiger charge is 2.27. The summed E-state index contributed by atoms with van der Waals surface area (Å²) in [6, 6.07) is 11.4. The first kappa shape index (κ1) is 22.7. The molecule has 5 nitrogen and oxygen atoms in total. The van der Waals surface area contributed by atoms with Crippen molar-refractivity contribution in [1.29, 1.82) is 0 Å². The van der Waals surface area contributed by atoms with Gasteiger partial charge in [0.2, 0.25) is 15.9 Å². The van der Waals surface area contributed by atoms with Crippen molar-refractivity contribution in [3.05, 3.63) is 63.6 Å². The number of carbonyl (C=O) groups is 1. The van der Waals surface area contributed by atoms with E-state index in [4.69, 9.17) is 23.2 Å². The Balaban J connectivity index is 2.32. The largest absolute Gasteiger partial charge is 0.355 e. The number of nitrogens with zero attached hydrogens (tertiary/aromatic N) is 1. The number of nitrogens with one attached hydrogen (secondary N) is 1. The molecule has 0 aromatic heterocycles. The minimum absolute atomic E-state index is 0.00218. The van der Waals surface area contributed by atoms with Gasteiger partial charge in [0.25, 0.3) is 0 Å². The lowest BCUT2D eigenvalue weighted by Gasteiger charge is -2.22. The normalized spacial score (nSPS) is 11.8. The van der Waals surface area contributed by atoms with Gasteiger partial charge in [-0.25, -0.2) is 8.42 Å². The molecular formula is C20H24Cl2N2O3S. The minimum Gasteiger partial charge on any atom is -0.355 e. The molecule has 0 bridgehead atoms. The van der Waals surface area contributed by atoms with Gasteiger partial charge in [0.15, 0.2) is 0 Å². The van der Waals surface area contributed by atoms with E-state index in [1.807, 2.05) is 20.8 Å². The van der Waals surface area contributed by atoms with Gasteiger partial charge in [-0.2, -0.15) is 4.31 Å². The highest BCUT2D eigenvalue weighted by atomic mass is 35.5. The van der Waals surface area contributed by atoms with E-state index in [1.165, 1.54) is 0 Å². The summed E-state index contributed by atoms with van der Waals surface area (Å²) < 4.78 is 27.5. The number of aryl methyl sites for hydroxylation is 1. The van der Waals surface area contributed by atoms with Gasteiger partial charge in [0.1, 0.15) is 0 Å². The van der Waals surface area contributed by atoms with E-state index < -0.39 is 10.0 Å². The average molecular weight is 443 g/mol. The summed E-state index contributed by atoms with van der Waals surface area (Å²) in [5.74, 6) is -0.0920. The number of hydrogen-bond acceptors (Lipinski definition) is 3. The maximum absolute atomic E-state index is 13.2. The van der Waals surface area contributed by atoms with E-state index in [2.05, 4.69) is 5.32 Å². The smallest absolute Gasteiger partial charge is 0.243 e. The molecule has 0 atom stereocenters. The molecule has 0 saturated carbocycles. The summed E-state index contributed by atoms with van der Waals surface area (Å²) in [6.45, 7) is 6.01. The van der Waals surface area contributed by atoms with Crippen molar-refractivity contribution < 1.29 is 13.2 Å². The highest BCUT2D eigenvalue weighted by molar-refractivity contribution is 7.89. The van der Waals surface area contributed by atoms with E-state index in [0.717, 1.165) is 9.87 Å². The molecule has 0 fully saturated rings. The molecule has 0 radical (unpaired) electrons. The van der Waals surface area contributed by atoms with Gasteiger partial charge in [-0.05, 0) is 42.7 Å². The van der Waals surface area contributed by atoms with Gasteiger partial charge < -0.3 is 5.32 Å². The third-order valence-corrected chi connectivity index (χ3v) is 6.57. The third-order valence-electron chi connectivity index (χ3n) is 4.03. The first-order valence-electron chi connectivity index (χ1n) is 8.87. The summed E-state index contributed by atoms with van der Waals surface area (Å²) in [4.78, 5) is 12.5. The van der Waals surface area contributed by atoms with Crippen molar-refractivity contribution in [2.45, 2.75) is 32.2 Å². The van der Waals surface area contributed by atoms with Crippen molar-refractivity contribution in [3.63, 3.8) is 0 Å². The zero-order chi connectivity index (χ0) is 20.9. The molecule has 8 heteroatoms. The van der Waals surface area contributed by atoms with Crippen LogP contribution in [0.3, 0.4) is 0 Å². The molecule has 2 rings (SSSR count). The Bertz CT molecular complexity index is 929. The topological polar surface area (TPSA) is 66.5 Å². The van der Waals surface area contributed by atoms with E-state index in [-0.39, 0.29) is 29.8 Å². The monoisotopic (exact) mass is 442 g/mol. The fourth-order valence-corrected chi connectivity index (χ4v) is 4.17. The maximum Gasteiger partial charge on any atom is 0.243 e. The zero-order valence-corrected chi connectivity index (χ0v) is 18.4. The van der Waals surface area contributed by atoms with Crippen LogP contribution in [-0.2, 0) is 21.4 Å². The summed E-state index contributed by atoms with van der Waals surface area (Å²) in [7, 11) is -3.88. The maximum atomic E-state index is 13.2. The second kappa shape index (κ2) is 9.74. The molecule has 0 unspecified atom stereocenters. The number of halogens is 2. The molecular weight excluding hydrogens is 419 g/mol. The first-order valence-corrected chi connectivity index (χ1v) is 11.1. The number of sulfonamides is 1. The van der Waals surface area contributed by atoms with Crippen LogP contribution in [0.2, 0.25) is 10.0 Å². The molecule has 152 valence electrons. The minimum atomic E-state index is -3.88. The van der Waals surface area contributed by atoms with E-state index in [1.54, 1.807) is 42.5 Å². The van der Waals surface area contributed by atoms with Gasteiger partial charge in [0, 0.05) is 13.1 Å². The summed E-state index contributed by atoms with van der Waals surface area (Å²) >= 11 is 12.0. The van der Waals surface area contributed by atoms with Crippen LogP contribution in [0.1, 0.15) is 25.0 Å². The lowest BCUT2D eigenvalue weighted by Crippen LogP contribution is -2.41. The molecule has 0 heterocycles. The van der Waals surface area contributed by atoms with Gasteiger partial charge >= 0.3 is 0 Å². The Morgan fingerprint density at radius 2 is 1.71 bits per heavy atom. The van der Waals surface area contributed by atoms with E-state index in [0.29, 0.717) is 22.2 Å². The van der Waals surface area contributed by atoms with Crippen LogP contribution < -0.4 is 5.32 Å². The van der Waals surface area contributed by atoms with E-state index in [9.17, 15) is 13.2 Å². The summed E-state index contributed by atoms with van der Waals surface area (Å²) in [5, 5.41) is 3.47. The third kappa shape index (κ3) is 6.21. The molecule has 28 heavy (non-hydrogen) atoms. The van der Waals surface area contributed by atoms with Crippen molar-refractivity contribution >= 4 is 39.1 Å². The quantitative estimate of drug-likeness (QED) is 0.663. The van der Waals surface area contributed by atoms with Crippen LogP contribution in [0.25, 0.3) is 0 Å². The molecule has 0 spiro atoms. The fraction of sp³-hybridized carbons (Fsp3) is 0.350. The Morgan fingerprint density at radius 3 is 2.29 bits per heavy atom. The molecule has 1 amide bonds. The van der Waals surface area contributed by atoms with Crippen molar-refractivity contribution in [2.24, 2.45) is 5.92 Å². The first-order chi connectivity index (χ1) is 13.1. The van der Waals surface area contributed by atoms with Gasteiger partial charge in [-0.15, -0.1) is 0 Å². The van der Waals surface area contributed by atoms with Crippen LogP contribution in [0.15, 0.2) is 47.4 Å². The highest BCUT2D eigenvalue weighted by Crippen LogP contribution is 2.25. The predicted molar refractivity (Wildman–Crippen MR) is 113 cm³/mol. The standard InChI is InChI=1S/C20H24Cl2N2O3S/c1-14(2)11-23-20(25)13-24(12-16-6-9-18(21)19(22)10-16)28(26,27)17-7-4-15(3)5-8-17/h4-10,14H,11-13H2,1-3H3,(H,23,25). The molecule has 2 aromatic carbocycles. The van der Waals surface area contributed by atoms with Crippen molar-refractivity contribution in [2.75, 3.05) is 13.1 Å². The fourth-order valence-electron chi connectivity index (χ4n) is 2.46. The Hall–Kier alpha value is -1.60. The van der Waals surface area contributed by atoms with Crippen LogP contribution in [0.5, 0.6) is 0 Å². The molecule has 0 aliphatic heterocycles. The molecule has 1 N–H and O–H groups in total. The van der Waals surface area contributed by atoms with Crippen LogP contribution in [0, 0.1) is 12.8 Å². The Morgan fingerprint density at radius 1 is 1.07 bits per heavy atom. The molecule has 0 aliphatic carbocycles. The number of benzene rings is 2. The van der Waals surface area contributed by atoms with Crippen LogP contribution >= 0.6 is 23.2 Å². The lowest BCUT2D eigenvalue weighted by atomic mass is 10.2. The number of carbonyl (C=O) groups excluding carboxylic acids is 1. The molecule has 0 aliphatic rings. The molecule has 2 aromatic rings. The second-order valence-corrected chi connectivity index (χ2v) is 9.78. The average Bonchev–Trinajstić information content (AvgIpc) is 2.63. The number of amides is 1. The van der Waals surface area contributed by atoms with Crippen LogP contribution in [0.4, 0.5) is 0 Å². The van der Waals surface area contributed by atoms with Gasteiger partial charge in [0.05, 0.1) is 21.5 Å². The number of hydrogen-bond donors (Lipinski definition) is 1. The van der Waals surface area contributed by atoms with Crippen molar-refractivity contribution in [3.8, 4) is 0 Å². The van der Waals surface area contributed by atoms with Gasteiger partial charge in [-0.3, -0.25) is 4.79 Å². The SMILES string of the molecule is Cc1ccc(S(=O)(=O)N(CC(=O)NCC(C)C)Cc2ccc(Cl)c(Cl)c2)cc1. The molecule has 0 saturated heterocycles. The second-order valence-electron chi connectivity index (χ2n) is 7.03. The summed E-state index contributed by atoms with van der Waals surface area (Å²) in [5.41, 5.74) is 1.59.